The van der Waals surface area contributed by atoms with Gasteiger partial charge in [0, 0.05) is 12.6 Å². The van der Waals surface area contributed by atoms with Crippen molar-refractivity contribution >= 4 is 0 Å². The van der Waals surface area contributed by atoms with E-state index in [4.69, 9.17) is 0 Å². The summed E-state index contributed by atoms with van der Waals surface area (Å²) in [6, 6.07) is -1.31. The van der Waals surface area contributed by atoms with Crippen molar-refractivity contribution in [1.82, 2.24) is 4.90 Å². The highest BCUT2D eigenvalue weighted by molar-refractivity contribution is 4.89. The molecule has 1 unspecified atom stereocenters. The molecule has 0 aromatic rings. The lowest BCUT2D eigenvalue weighted by atomic mass is 9.96. The van der Waals surface area contributed by atoms with Gasteiger partial charge in [0.15, 0.2) is 0 Å². The minimum Gasteiger partial charge on any atom is -0.289 e. The van der Waals surface area contributed by atoms with Gasteiger partial charge in [-0.05, 0) is 43.9 Å². The molecule has 1 saturated carbocycles. The number of nitrogens with zero attached hydrogens (tertiary/aromatic N) is 1. The largest absolute Gasteiger partial charge is 0.404 e. The van der Waals surface area contributed by atoms with Crippen LogP contribution in [-0.4, -0.2) is 29.7 Å². The first-order valence-corrected chi connectivity index (χ1v) is 7.45. The molecule has 0 aliphatic heterocycles. The zero-order valence-electron chi connectivity index (χ0n) is 12.8. The van der Waals surface area contributed by atoms with Gasteiger partial charge in [0.2, 0.25) is 0 Å². The molecule has 0 amide bonds. The Morgan fingerprint density at radius 3 is 1.89 bits per heavy atom. The molecule has 2 atom stereocenters. The van der Waals surface area contributed by atoms with Crippen LogP contribution >= 0.6 is 0 Å². The third-order valence-corrected chi connectivity index (χ3v) is 3.87. The standard InChI is InChI=1S/C15H28F3N/c1-10(2)8-12(5)19(9-13-6-7-13)14(11(3)4)15(16,17)18/h10-14H,6-9H2,1-5H3/t12?,14-/m1/s1. The molecule has 0 spiro atoms. The topological polar surface area (TPSA) is 3.24 Å². The summed E-state index contributed by atoms with van der Waals surface area (Å²) >= 11 is 0. The highest BCUT2D eigenvalue weighted by Gasteiger charge is 2.47. The highest BCUT2D eigenvalue weighted by Crippen LogP contribution is 2.37. The van der Waals surface area contributed by atoms with E-state index in [-0.39, 0.29) is 6.04 Å². The van der Waals surface area contributed by atoms with Crippen LogP contribution in [0.5, 0.6) is 0 Å². The number of alkyl halides is 3. The Morgan fingerprint density at radius 1 is 1.05 bits per heavy atom. The average molecular weight is 279 g/mol. The molecule has 0 heterocycles. The average Bonchev–Trinajstić information content (AvgIpc) is 2.96. The predicted molar refractivity (Wildman–Crippen MR) is 73.0 cm³/mol. The SMILES string of the molecule is CC(C)CC(C)N(CC1CC1)[C@H](C(C)C)C(F)(F)F. The van der Waals surface area contributed by atoms with Crippen molar-refractivity contribution in [2.45, 2.75) is 72.1 Å². The molecule has 0 aromatic carbocycles. The summed E-state index contributed by atoms with van der Waals surface area (Å²) in [7, 11) is 0. The van der Waals surface area contributed by atoms with E-state index in [2.05, 4.69) is 13.8 Å². The van der Waals surface area contributed by atoms with Crippen LogP contribution in [0.1, 0.15) is 53.9 Å². The van der Waals surface area contributed by atoms with E-state index < -0.39 is 18.1 Å². The van der Waals surface area contributed by atoms with Crippen LogP contribution in [0.2, 0.25) is 0 Å². The van der Waals surface area contributed by atoms with Gasteiger partial charge in [-0.2, -0.15) is 13.2 Å². The maximum atomic E-state index is 13.3. The van der Waals surface area contributed by atoms with Crippen molar-refractivity contribution in [2.24, 2.45) is 17.8 Å². The van der Waals surface area contributed by atoms with Gasteiger partial charge in [-0.3, -0.25) is 4.90 Å². The Hall–Kier alpha value is -0.250. The summed E-state index contributed by atoms with van der Waals surface area (Å²) in [5, 5.41) is 0. The summed E-state index contributed by atoms with van der Waals surface area (Å²) in [6.45, 7) is 10.1. The van der Waals surface area contributed by atoms with E-state index in [1.165, 1.54) is 0 Å². The summed E-state index contributed by atoms with van der Waals surface area (Å²) < 4.78 is 40.0. The molecule has 114 valence electrons. The zero-order valence-corrected chi connectivity index (χ0v) is 12.8. The van der Waals surface area contributed by atoms with Crippen molar-refractivity contribution < 1.29 is 13.2 Å². The van der Waals surface area contributed by atoms with Crippen molar-refractivity contribution in [3.63, 3.8) is 0 Å². The molecule has 1 nitrogen and oxygen atoms in total. The van der Waals surface area contributed by atoms with E-state index in [0.717, 1.165) is 19.3 Å². The van der Waals surface area contributed by atoms with Crippen LogP contribution in [-0.2, 0) is 0 Å². The molecule has 0 radical (unpaired) electrons. The maximum absolute atomic E-state index is 13.3. The Morgan fingerprint density at radius 2 is 1.58 bits per heavy atom. The molecule has 1 rings (SSSR count). The van der Waals surface area contributed by atoms with Gasteiger partial charge < -0.3 is 0 Å². The van der Waals surface area contributed by atoms with Gasteiger partial charge in [-0.1, -0.05) is 27.7 Å². The molecule has 1 aliphatic carbocycles. The number of hydrogen-bond donors (Lipinski definition) is 0. The molecule has 0 bridgehead atoms. The fraction of sp³-hybridized carbons (Fsp3) is 1.00. The van der Waals surface area contributed by atoms with Crippen molar-refractivity contribution in [2.75, 3.05) is 6.54 Å². The lowest BCUT2D eigenvalue weighted by molar-refractivity contribution is -0.201. The molecule has 1 aliphatic rings. The lowest BCUT2D eigenvalue weighted by Gasteiger charge is -2.40. The van der Waals surface area contributed by atoms with Gasteiger partial charge in [0.05, 0.1) is 0 Å². The summed E-state index contributed by atoms with van der Waals surface area (Å²) in [5.74, 6) is 0.518. The second kappa shape index (κ2) is 6.47. The number of halogens is 3. The zero-order chi connectivity index (χ0) is 14.8. The van der Waals surface area contributed by atoms with E-state index in [1.807, 2.05) is 6.92 Å². The minimum atomic E-state index is -4.13. The van der Waals surface area contributed by atoms with Crippen LogP contribution < -0.4 is 0 Å². The van der Waals surface area contributed by atoms with Crippen LogP contribution in [0.15, 0.2) is 0 Å². The van der Waals surface area contributed by atoms with Gasteiger partial charge in [-0.25, -0.2) is 0 Å². The Bertz CT molecular complexity index is 269. The lowest BCUT2D eigenvalue weighted by Crippen LogP contribution is -2.53. The molecule has 4 heteroatoms. The fourth-order valence-corrected chi connectivity index (χ4v) is 2.93. The van der Waals surface area contributed by atoms with Gasteiger partial charge in [0.1, 0.15) is 6.04 Å². The van der Waals surface area contributed by atoms with Crippen molar-refractivity contribution in [3.05, 3.63) is 0 Å². The van der Waals surface area contributed by atoms with Gasteiger partial charge >= 0.3 is 6.18 Å². The molecule has 0 aromatic heterocycles. The molecular weight excluding hydrogens is 251 g/mol. The fourth-order valence-electron chi connectivity index (χ4n) is 2.93. The van der Waals surface area contributed by atoms with E-state index in [0.29, 0.717) is 18.4 Å². The molecule has 1 fully saturated rings. The van der Waals surface area contributed by atoms with Crippen LogP contribution in [0.3, 0.4) is 0 Å². The monoisotopic (exact) mass is 279 g/mol. The first kappa shape index (κ1) is 16.8. The van der Waals surface area contributed by atoms with E-state index >= 15 is 0 Å². The van der Waals surface area contributed by atoms with E-state index in [9.17, 15) is 13.2 Å². The first-order valence-electron chi connectivity index (χ1n) is 7.45. The smallest absolute Gasteiger partial charge is 0.289 e. The minimum absolute atomic E-state index is 0.00498. The van der Waals surface area contributed by atoms with Gasteiger partial charge in [-0.15, -0.1) is 0 Å². The Labute approximate surface area is 115 Å². The first-order chi connectivity index (χ1) is 8.62. The van der Waals surface area contributed by atoms with E-state index in [1.54, 1.807) is 18.7 Å². The highest BCUT2D eigenvalue weighted by atomic mass is 19.4. The summed E-state index contributed by atoms with van der Waals surface area (Å²) in [5.41, 5.74) is 0. The number of rotatable bonds is 7. The quantitative estimate of drug-likeness (QED) is 0.652. The van der Waals surface area contributed by atoms with Crippen molar-refractivity contribution in [3.8, 4) is 0 Å². The van der Waals surface area contributed by atoms with Gasteiger partial charge in [0.25, 0.3) is 0 Å². The second-order valence-corrected chi connectivity index (χ2v) is 6.85. The summed E-state index contributed by atoms with van der Waals surface area (Å²) in [4.78, 5) is 1.72. The van der Waals surface area contributed by atoms with Crippen LogP contribution in [0, 0.1) is 17.8 Å². The molecule has 19 heavy (non-hydrogen) atoms. The third kappa shape index (κ3) is 5.33. The third-order valence-electron chi connectivity index (χ3n) is 3.87. The molecule has 0 N–H and O–H groups in total. The predicted octanol–water partition coefficient (Wildman–Crippen LogP) is 4.72. The Kier molecular flexibility index (Phi) is 5.72. The Balaban J connectivity index is 2.85. The summed E-state index contributed by atoms with van der Waals surface area (Å²) in [6.07, 6.45) is -1.12. The van der Waals surface area contributed by atoms with Crippen LogP contribution in [0.4, 0.5) is 13.2 Å². The molecule has 0 saturated heterocycles. The number of hydrogen-bond acceptors (Lipinski definition) is 1. The van der Waals surface area contributed by atoms with Crippen molar-refractivity contribution in [1.29, 1.82) is 0 Å². The normalized spacial score (nSPS) is 20.4. The van der Waals surface area contributed by atoms with Crippen LogP contribution in [0.25, 0.3) is 0 Å². The molecular formula is C15H28F3N. The second-order valence-electron chi connectivity index (χ2n) is 6.85. The maximum Gasteiger partial charge on any atom is 0.404 e.